The van der Waals surface area contributed by atoms with E-state index >= 15 is 0 Å². The Balaban J connectivity index is 2.10. The second-order valence-corrected chi connectivity index (χ2v) is 8.13. The molecule has 0 saturated carbocycles. The molecule has 0 aliphatic heterocycles. The van der Waals surface area contributed by atoms with Crippen molar-refractivity contribution in [1.29, 1.82) is 0 Å². The van der Waals surface area contributed by atoms with Crippen molar-refractivity contribution in [2.45, 2.75) is 20.4 Å². The molecule has 2 aromatic rings. The van der Waals surface area contributed by atoms with E-state index in [4.69, 9.17) is 0 Å². The van der Waals surface area contributed by atoms with Gasteiger partial charge in [0.25, 0.3) is 0 Å². The van der Waals surface area contributed by atoms with E-state index in [2.05, 4.69) is 15.6 Å². The fourth-order valence-corrected chi connectivity index (χ4v) is 3.09. The molecule has 1 heterocycles. The van der Waals surface area contributed by atoms with E-state index in [9.17, 15) is 17.6 Å². The van der Waals surface area contributed by atoms with Gasteiger partial charge in [-0.25, -0.2) is 21.9 Å². The first-order valence-electron chi connectivity index (χ1n) is 7.94. The van der Waals surface area contributed by atoms with Gasteiger partial charge in [-0.3, -0.25) is 4.98 Å². The number of nitrogens with one attached hydrogen (secondary N) is 2. The van der Waals surface area contributed by atoms with Gasteiger partial charge in [0.05, 0.1) is 5.75 Å². The first-order chi connectivity index (χ1) is 12.2. The summed E-state index contributed by atoms with van der Waals surface area (Å²) in [4.78, 5) is 16.1. The molecule has 140 valence electrons. The van der Waals surface area contributed by atoms with E-state index in [1.807, 2.05) is 0 Å². The van der Waals surface area contributed by atoms with Gasteiger partial charge in [0.2, 0.25) is 10.0 Å². The number of pyridine rings is 1. The summed E-state index contributed by atoms with van der Waals surface area (Å²) in [6.45, 7) is 3.34. The van der Waals surface area contributed by atoms with Crippen molar-refractivity contribution < 1.29 is 17.6 Å². The molecule has 0 saturated heterocycles. The Labute approximate surface area is 152 Å². The lowest BCUT2D eigenvalue weighted by molar-refractivity contribution is 0.262. The van der Waals surface area contributed by atoms with Gasteiger partial charge in [0, 0.05) is 36.9 Å². The van der Waals surface area contributed by atoms with Crippen LogP contribution in [0.2, 0.25) is 0 Å². The monoisotopic (exact) mass is 380 g/mol. The molecule has 26 heavy (non-hydrogen) atoms. The normalized spacial score (nSPS) is 11.4. The minimum absolute atomic E-state index is 0.00772. The third kappa shape index (κ3) is 5.50. The van der Waals surface area contributed by atoms with Crippen LogP contribution in [-0.4, -0.2) is 36.5 Å². The summed E-state index contributed by atoms with van der Waals surface area (Å²) >= 11 is 0. The van der Waals surface area contributed by atoms with Crippen molar-refractivity contribution in [2.75, 3.05) is 23.4 Å². The van der Waals surface area contributed by atoms with Crippen LogP contribution in [0.15, 0.2) is 36.5 Å². The number of halogens is 1. The molecule has 9 heteroatoms. The predicted octanol–water partition coefficient (Wildman–Crippen LogP) is 2.95. The van der Waals surface area contributed by atoms with Gasteiger partial charge in [-0.2, -0.15) is 0 Å². The van der Waals surface area contributed by atoms with E-state index < -0.39 is 21.9 Å². The quantitative estimate of drug-likeness (QED) is 0.806. The number of carbonyl (C=O) groups excluding carboxylic acids is 1. The molecule has 2 rings (SSSR count). The number of benzene rings is 1. The van der Waals surface area contributed by atoms with Crippen molar-refractivity contribution >= 4 is 27.4 Å². The zero-order valence-electron chi connectivity index (χ0n) is 14.8. The van der Waals surface area contributed by atoms with Crippen LogP contribution in [-0.2, 0) is 16.6 Å². The van der Waals surface area contributed by atoms with Gasteiger partial charge in [-0.05, 0) is 49.7 Å². The first-order valence-corrected chi connectivity index (χ1v) is 9.54. The van der Waals surface area contributed by atoms with Gasteiger partial charge >= 0.3 is 6.03 Å². The lowest BCUT2D eigenvalue weighted by atomic mass is 10.2. The molecule has 2 N–H and O–H groups in total. The number of anilines is 2. The Morgan fingerprint density at radius 2 is 1.88 bits per heavy atom. The lowest BCUT2D eigenvalue weighted by Crippen LogP contribution is -2.28. The van der Waals surface area contributed by atoms with Crippen LogP contribution in [0.3, 0.4) is 0 Å². The summed E-state index contributed by atoms with van der Waals surface area (Å²) in [5.41, 5.74) is 1.96. The molecule has 0 spiro atoms. The van der Waals surface area contributed by atoms with Crippen molar-refractivity contribution in [3.8, 4) is 0 Å². The molecule has 0 bridgehead atoms. The van der Waals surface area contributed by atoms with Gasteiger partial charge in [-0.1, -0.05) is 0 Å². The number of carbonyl (C=O) groups is 1. The Bertz CT molecular complexity index is 903. The number of hydrogen-bond acceptors (Lipinski definition) is 4. The summed E-state index contributed by atoms with van der Waals surface area (Å²) in [7, 11) is -1.96. The summed E-state index contributed by atoms with van der Waals surface area (Å²) in [6.07, 6.45) is 1.56. The highest BCUT2D eigenvalue weighted by molar-refractivity contribution is 7.89. The van der Waals surface area contributed by atoms with E-state index in [1.54, 1.807) is 25.3 Å². The Kier molecular flexibility index (Phi) is 6.27. The number of rotatable bonds is 6. The topological polar surface area (TPSA) is 91.4 Å². The van der Waals surface area contributed by atoms with Crippen molar-refractivity contribution in [3.05, 3.63) is 53.6 Å². The molecule has 7 nitrogen and oxygen atoms in total. The van der Waals surface area contributed by atoms with Crippen LogP contribution in [0, 0.1) is 12.7 Å². The van der Waals surface area contributed by atoms with Crippen LogP contribution >= 0.6 is 0 Å². The first kappa shape index (κ1) is 19.8. The van der Waals surface area contributed by atoms with Gasteiger partial charge < -0.3 is 10.6 Å². The summed E-state index contributed by atoms with van der Waals surface area (Å²) in [5, 5.41) is 5.16. The minimum atomic E-state index is -3.38. The van der Waals surface area contributed by atoms with Crippen LogP contribution in [0.5, 0.6) is 0 Å². The zero-order valence-corrected chi connectivity index (χ0v) is 15.6. The summed E-state index contributed by atoms with van der Waals surface area (Å²) < 4.78 is 38.6. The van der Waals surface area contributed by atoms with Crippen LogP contribution in [0.4, 0.5) is 20.6 Å². The molecule has 0 aliphatic carbocycles. The van der Waals surface area contributed by atoms with Crippen molar-refractivity contribution in [3.63, 3.8) is 0 Å². The molecule has 0 aliphatic rings. The third-order valence-electron chi connectivity index (χ3n) is 3.61. The predicted molar refractivity (Wildman–Crippen MR) is 98.9 cm³/mol. The Morgan fingerprint density at radius 1 is 1.19 bits per heavy atom. The minimum Gasteiger partial charge on any atom is -0.308 e. The second-order valence-electron chi connectivity index (χ2n) is 5.77. The Morgan fingerprint density at radius 3 is 2.54 bits per heavy atom. The number of urea groups is 1. The lowest BCUT2D eigenvalue weighted by Gasteiger charge is -2.17. The number of aryl methyl sites for hydroxylation is 1. The number of sulfonamides is 1. The van der Waals surface area contributed by atoms with Crippen LogP contribution < -0.4 is 10.6 Å². The van der Waals surface area contributed by atoms with E-state index in [-0.39, 0.29) is 18.0 Å². The molecule has 0 fully saturated rings. The van der Waals surface area contributed by atoms with E-state index in [0.29, 0.717) is 11.3 Å². The molecule has 0 radical (unpaired) electrons. The fraction of sp³-hybridized carbons (Fsp3) is 0.294. The van der Waals surface area contributed by atoms with Crippen molar-refractivity contribution in [1.82, 2.24) is 9.29 Å². The molecule has 1 aromatic carbocycles. The Hall–Kier alpha value is -2.52. The molecule has 1 aromatic heterocycles. The number of hydrogen-bond donors (Lipinski definition) is 2. The maximum absolute atomic E-state index is 13.8. The average molecular weight is 380 g/mol. The molecule has 0 unspecified atom stereocenters. The van der Waals surface area contributed by atoms with Crippen LogP contribution in [0.1, 0.15) is 18.2 Å². The number of aromatic nitrogens is 1. The van der Waals surface area contributed by atoms with Crippen molar-refractivity contribution in [2.24, 2.45) is 0 Å². The van der Waals surface area contributed by atoms with Gasteiger partial charge in [-0.15, -0.1) is 0 Å². The summed E-state index contributed by atoms with van der Waals surface area (Å²) in [6, 6.07) is 6.71. The second kappa shape index (κ2) is 8.24. The summed E-state index contributed by atoms with van der Waals surface area (Å²) in [5.74, 6) is -0.614. The van der Waals surface area contributed by atoms with E-state index in [1.165, 1.54) is 26.1 Å². The molecular formula is C17H21FN4O3S. The zero-order chi connectivity index (χ0) is 19.3. The van der Waals surface area contributed by atoms with Crippen LogP contribution in [0.25, 0.3) is 0 Å². The SMILES string of the molecule is CCS(=O)(=O)N(C)Cc1cc(F)cc(NC(=O)Nc2ccnc(C)c2)c1. The van der Waals surface area contributed by atoms with Gasteiger partial charge in [0.15, 0.2) is 0 Å². The number of amides is 2. The highest BCUT2D eigenvalue weighted by Gasteiger charge is 2.16. The maximum Gasteiger partial charge on any atom is 0.323 e. The molecular weight excluding hydrogens is 359 g/mol. The largest absolute Gasteiger partial charge is 0.323 e. The highest BCUT2D eigenvalue weighted by atomic mass is 32.2. The molecule has 2 amide bonds. The standard InChI is InChI=1S/C17H21FN4O3S/c1-4-26(24,25)22(3)11-13-8-14(18)10-16(9-13)21-17(23)20-15-5-6-19-12(2)7-15/h5-10H,4,11H2,1-3H3,(H2,19,20,21,23). The maximum atomic E-state index is 13.8. The fourth-order valence-electron chi connectivity index (χ4n) is 2.31. The highest BCUT2D eigenvalue weighted by Crippen LogP contribution is 2.17. The third-order valence-corrected chi connectivity index (χ3v) is 5.42. The smallest absolute Gasteiger partial charge is 0.308 e. The average Bonchev–Trinajstić information content (AvgIpc) is 2.54. The molecule has 0 atom stereocenters. The van der Waals surface area contributed by atoms with Gasteiger partial charge in [0.1, 0.15) is 5.82 Å². The number of nitrogens with zero attached hydrogens (tertiary/aromatic N) is 2. The van der Waals surface area contributed by atoms with E-state index in [0.717, 1.165) is 16.1 Å².